The topological polar surface area (TPSA) is 30.5 Å². The van der Waals surface area contributed by atoms with E-state index in [1.807, 2.05) is 12.1 Å². The second-order valence-corrected chi connectivity index (χ2v) is 3.44. The summed E-state index contributed by atoms with van der Waals surface area (Å²) >= 11 is 0. The van der Waals surface area contributed by atoms with Crippen molar-refractivity contribution >= 4 is 5.69 Å². The molecule has 0 saturated heterocycles. The van der Waals surface area contributed by atoms with Crippen LogP contribution >= 0.6 is 0 Å². The minimum Gasteiger partial charge on any atom is -0.495 e. The highest BCUT2D eigenvalue weighted by atomic mass is 16.5. The van der Waals surface area contributed by atoms with Crippen LogP contribution in [0.1, 0.15) is 5.56 Å². The quantitative estimate of drug-likeness (QED) is 0.775. The van der Waals surface area contributed by atoms with Crippen LogP contribution < -0.4 is 10.1 Å². The summed E-state index contributed by atoms with van der Waals surface area (Å²) in [6, 6.07) is 6.09. The third-order valence-corrected chi connectivity index (χ3v) is 2.62. The Morgan fingerprint density at radius 3 is 2.93 bits per heavy atom. The van der Waals surface area contributed by atoms with Crippen LogP contribution in [0.4, 0.5) is 5.69 Å². The molecule has 0 aromatic heterocycles. The van der Waals surface area contributed by atoms with Gasteiger partial charge in [-0.3, -0.25) is 0 Å². The van der Waals surface area contributed by atoms with Crippen LogP contribution in [0.25, 0.3) is 0 Å². The Kier molecular flexibility index (Phi) is 2.59. The zero-order valence-electron chi connectivity index (χ0n) is 8.54. The number of hydrogen-bond donors (Lipinski definition) is 1. The molecule has 0 aliphatic carbocycles. The standard InChI is InChI=1S/C11H15NO2/c1-13-9-6-8-4-3-5-10(14-2)11(8)12-7-9/h3-5,9,12H,6-7H2,1-2H3. The highest BCUT2D eigenvalue weighted by Gasteiger charge is 2.19. The Balaban J connectivity index is 2.30. The average molecular weight is 193 g/mol. The molecule has 1 aliphatic rings. The van der Waals surface area contributed by atoms with Gasteiger partial charge in [0.15, 0.2) is 0 Å². The molecule has 1 unspecified atom stereocenters. The summed E-state index contributed by atoms with van der Waals surface area (Å²) in [5, 5.41) is 3.33. The lowest BCUT2D eigenvalue weighted by Gasteiger charge is -2.26. The summed E-state index contributed by atoms with van der Waals surface area (Å²) in [6.45, 7) is 0.851. The maximum absolute atomic E-state index is 5.32. The van der Waals surface area contributed by atoms with Crippen molar-refractivity contribution in [3.05, 3.63) is 23.8 Å². The van der Waals surface area contributed by atoms with Crippen molar-refractivity contribution in [2.24, 2.45) is 0 Å². The van der Waals surface area contributed by atoms with Gasteiger partial charge in [-0.25, -0.2) is 0 Å². The fourth-order valence-corrected chi connectivity index (χ4v) is 1.82. The van der Waals surface area contributed by atoms with Crippen molar-refractivity contribution in [1.29, 1.82) is 0 Å². The lowest BCUT2D eigenvalue weighted by molar-refractivity contribution is 0.111. The highest BCUT2D eigenvalue weighted by molar-refractivity contribution is 5.63. The number of ether oxygens (including phenoxy) is 2. The fourth-order valence-electron chi connectivity index (χ4n) is 1.82. The van der Waals surface area contributed by atoms with Gasteiger partial charge in [0.05, 0.1) is 18.9 Å². The van der Waals surface area contributed by atoms with Gasteiger partial charge in [-0.05, 0) is 11.6 Å². The third-order valence-electron chi connectivity index (χ3n) is 2.62. The van der Waals surface area contributed by atoms with Gasteiger partial charge in [-0.15, -0.1) is 0 Å². The van der Waals surface area contributed by atoms with Gasteiger partial charge >= 0.3 is 0 Å². The van der Waals surface area contributed by atoms with Crippen LogP contribution in [0.15, 0.2) is 18.2 Å². The molecule has 1 atom stereocenters. The van der Waals surface area contributed by atoms with E-state index >= 15 is 0 Å². The normalized spacial score (nSPS) is 19.7. The molecule has 76 valence electrons. The molecule has 1 aromatic carbocycles. The molecule has 1 aromatic rings. The first-order valence-electron chi connectivity index (χ1n) is 4.77. The van der Waals surface area contributed by atoms with Crippen LogP contribution in [-0.4, -0.2) is 26.9 Å². The Morgan fingerprint density at radius 1 is 1.36 bits per heavy atom. The van der Waals surface area contributed by atoms with Crippen molar-refractivity contribution in [1.82, 2.24) is 0 Å². The van der Waals surface area contributed by atoms with Crippen molar-refractivity contribution in [2.45, 2.75) is 12.5 Å². The molecule has 3 nitrogen and oxygen atoms in total. The molecule has 0 radical (unpaired) electrons. The second kappa shape index (κ2) is 3.88. The van der Waals surface area contributed by atoms with E-state index in [0.29, 0.717) is 0 Å². The van der Waals surface area contributed by atoms with Gasteiger partial charge in [0, 0.05) is 20.1 Å². The van der Waals surface area contributed by atoms with Crippen molar-refractivity contribution in [2.75, 3.05) is 26.1 Å². The van der Waals surface area contributed by atoms with E-state index in [2.05, 4.69) is 11.4 Å². The Labute approximate surface area is 84.0 Å². The van der Waals surface area contributed by atoms with Crippen LogP contribution in [0.3, 0.4) is 0 Å². The molecule has 0 saturated carbocycles. The summed E-state index contributed by atoms with van der Waals surface area (Å²) in [5.74, 6) is 0.914. The molecule has 14 heavy (non-hydrogen) atoms. The van der Waals surface area contributed by atoms with E-state index in [1.54, 1.807) is 14.2 Å². The monoisotopic (exact) mass is 193 g/mol. The van der Waals surface area contributed by atoms with Gasteiger partial charge in [-0.1, -0.05) is 12.1 Å². The Bertz CT molecular complexity index is 325. The van der Waals surface area contributed by atoms with Crippen molar-refractivity contribution in [3.8, 4) is 5.75 Å². The SMILES string of the molecule is COc1cccc2c1NCC(OC)C2. The molecule has 1 heterocycles. The summed E-state index contributed by atoms with van der Waals surface area (Å²) in [5.41, 5.74) is 2.38. The third kappa shape index (κ3) is 1.55. The van der Waals surface area contributed by atoms with Gasteiger partial charge in [0.1, 0.15) is 5.75 Å². The second-order valence-electron chi connectivity index (χ2n) is 3.44. The molecular formula is C11H15NO2. The largest absolute Gasteiger partial charge is 0.495 e. The maximum Gasteiger partial charge on any atom is 0.142 e. The number of benzene rings is 1. The predicted molar refractivity (Wildman–Crippen MR) is 56.0 cm³/mol. The van der Waals surface area contributed by atoms with E-state index in [9.17, 15) is 0 Å². The lowest BCUT2D eigenvalue weighted by Crippen LogP contribution is -2.29. The van der Waals surface area contributed by atoms with E-state index in [0.717, 1.165) is 24.4 Å². The summed E-state index contributed by atoms with van der Waals surface area (Å²) in [6.07, 6.45) is 1.23. The van der Waals surface area contributed by atoms with E-state index in [-0.39, 0.29) is 6.10 Å². The van der Waals surface area contributed by atoms with E-state index < -0.39 is 0 Å². The average Bonchev–Trinajstić information content (AvgIpc) is 2.27. The molecule has 0 fully saturated rings. The van der Waals surface area contributed by atoms with Gasteiger partial charge < -0.3 is 14.8 Å². The van der Waals surface area contributed by atoms with Crippen LogP contribution in [0.5, 0.6) is 5.75 Å². The fraction of sp³-hybridized carbons (Fsp3) is 0.455. The molecule has 1 aliphatic heterocycles. The van der Waals surface area contributed by atoms with E-state index in [4.69, 9.17) is 9.47 Å². The molecule has 0 amide bonds. The number of hydrogen-bond acceptors (Lipinski definition) is 3. The molecule has 1 N–H and O–H groups in total. The molecule has 2 rings (SSSR count). The van der Waals surface area contributed by atoms with Crippen LogP contribution in [-0.2, 0) is 11.2 Å². The first-order valence-corrected chi connectivity index (χ1v) is 4.77. The number of anilines is 1. The van der Waals surface area contributed by atoms with Gasteiger partial charge in [-0.2, -0.15) is 0 Å². The smallest absolute Gasteiger partial charge is 0.142 e. The predicted octanol–water partition coefficient (Wildman–Crippen LogP) is 1.68. The van der Waals surface area contributed by atoms with Crippen molar-refractivity contribution < 1.29 is 9.47 Å². The first-order chi connectivity index (χ1) is 6.85. The van der Waals surface area contributed by atoms with E-state index in [1.165, 1.54) is 5.56 Å². The zero-order valence-corrected chi connectivity index (χ0v) is 8.54. The maximum atomic E-state index is 5.32. The minimum atomic E-state index is 0.273. The Hall–Kier alpha value is -1.22. The lowest BCUT2D eigenvalue weighted by atomic mass is 10.0. The number of methoxy groups -OCH3 is 2. The van der Waals surface area contributed by atoms with Gasteiger partial charge in [0.2, 0.25) is 0 Å². The molecule has 0 spiro atoms. The molecule has 3 heteroatoms. The number of nitrogens with one attached hydrogen (secondary N) is 1. The molecular weight excluding hydrogens is 178 g/mol. The van der Waals surface area contributed by atoms with Crippen LogP contribution in [0, 0.1) is 0 Å². The van der Waals surface area contributed by atoms with Crippen molar-refractivity contribution in [3.63, 3.8) is 0 Å². The summed E-state index contributed by atoms with van der Waals surface area (Å²) in [7, 11) is 3.44. The number of rotatable bonds is 2. The minimum absolute atomic E-state index is 0.273. The summed E-state index contributed by atoms with van der Waals surface area (Å²) in [4.78, 5) is 0. The van der Waals surface area contributed by atoms with Crippen LogP contribution in [0.2, 0.25) is 0 Å². The molecule has 0 bridgehead atoms. The highest BCUT2D eigenvalue weighted by Crippen LogP contribution is 2.32. The summed E-state index contributed by atoms with van der Waals surface area (Å²) < 4.78 is 10.6. The number of para-hydroxylation sites is 1. The first kappa shape index (κ1) is 9.34. The van der Waals surface area contributed by atoms with Gasteiger partial charge in [0.25, 0.3) is 0 Å². The Morgan fingerprint density at radius 2 is 2.21 bits per heavy atom. The number of fused-ring (bicyclic) bond motifs is 1. The zero-order chi connectivity index (χ0) is 9.97.